The van der Waals surface area contributed by atoms with E-state index < -0.39 is 0 Å². The van der Waals surface area contributed by atoms with Crippen molar-refractivity contribution in [3.05, 3.63) is 88.9 Å². The van der Waals surface area contributed by atoms with Gasteiger partial charge in [-0.05, 0) is 30.3 Å². The van der Waals surface area contributed by atoms with Crippen LogP contribution in [0.2, 0.25) is 5.02 Å². The average Bonchev–Trinajstić information content (AvgIpc) is 2.59. The van der Waals surface area contributed by atoms with Crippen molar-refractivity contribution in [2.75, 3.05) is 0 Å². The van der Waals surface area contributed by atoms with E-state index in [1.165, 1.54) is 0 Å². The van der Waals surface area contributed by atoms with E-state index in [2.05, 4.69) is 0 Å². The molecule has 3 aromatic carbocycles. The largest absolute Gasteiger partial charge is 0.289 e. The molecule has 0 spiro atoms. The van der Waals surface area contributed by atoms with Gasteiger partial charge in [-0.25, -0.2) is 0 Å². The van der Waals surface area contributed by atoms with E-state index >= 15 is 0 Å². The van der Waals surface area contributed by atoms with Gasteiger partial charge < -0.3 is 0 Å². The second-order valence-corrected chi connectivity index (χ2v) is 6.53. The van der Waals surface area contributed by atoms with E-state index in [1.807, 2.05) is 48.5 Å². The molecule has 2 radical (unpaired) electrons. The highest BCUT2D eigenvalue weighted by Crippen LogP contribution is 2.33. The van der Waals surface area contributed by atoms with Crippen LogP contribution < -0.4 is 5.46 Å². The van der Waals surface area contributed by atoms with E-state index in [1.54, 1.807) is 36.0 Å². The molecule has 0 fully saturated rings. The fourth-order valence-corrected chi connectivity index (χ4v) is 3.26. The lowest BCUT2D eigenvalue weighted by Crippen LogP contribution is -2.01. The minimum atomic E-state index is -0.0310. The highest BCUT2D eigenvalue weighted by atomic mass is 35.5. The van der Waals surface area contributed by atoms with Gasteiger partial charge in [-0.15, -0.1) is 0 Å². The molecule has 0 aromatic heterocycles. The summed E-state index contributed by atoms with van der Waals surface area (Å²) in [6.07, 6.45) is 0. The van der Waals surface area contributed by atoms with Gasteiger partial charge in [0.2, 0.25) is 0 Å². The molecule has 0 unspecified atom stereocenters. The van der Waals surface area contributed by atoms with Crippen LogP contribution in [-0.2, 0) is 0 Å². The SMILES string of the molecule is [B]c1ccc(Sc2ccc(C(=O)c3ccccc3)cc2Cl)cc1. The molecule has 0 aliphatic heterocycles. The molecule has 4 heteroatoms. The fraction of sp³-hybridized carbons (Fsp3) is 0. The van der Waals surface area contributed by atoms with Crippen molar-refractivity contribution in [1.82, 2.24) is 0 Å². The number of rotatable bonds is 4. The number of hydrogen-bond donors (Lipinski definition) is 0. The van der Waals surface area contributed by atoms with Gasteiger partial charge >= 0.3 is 0 Å². The van der Waals surface area contributed by atoms with Crippen LogP contribution in [0, 0.1) is 0 Å². The van der Waals surface area contributed by atoms with Crippen molar-refractivity contribution >= 4 is 42.5 Å². The molecule has 0 aliphatic rings. The minimum absolute atomic E-state index is 0.0310. The summed E-state index contributed by atoms with van der Waals surface area (Å²) in [7, 11) is 5.69. The topological polar surface area (TPSA) is 17.1 Å². The molecule has 1 nitrogen and oxygen atoms in total. The van der Waals surface area contributed by atoms with Crippen LogP contribution in [0.15, 0.2) is 82.6 Å². The van der Waals surface area contributed by atoms with Gasteiger partial charge in [0.1, 0.15) is 7.85 Å². The number of carbonyl (C=O) groups is 1. The molecule has 0 saturated carbocycles. The van der Waals surface area contributed by atoms with Crippen LogP contribution in [0.5, 0.6) is 0 Å². The monoisotopic (exact) mass is 334 g/mol. The lowest BCUT2D eigenvalue weighted by molar-refractivity contribution is 0.103. The molecule has 110 valence electrons. The Morgan fingerprint density at radius 2 is 1.57 bits per heavy atom. The second kappa shape index (κ2) is 7.07. The Morgan fingerprint density at radius 3 is 2.22 bits per heavy atom. The Balaban J connectivity index is 1.83. The van der Waals surface area contributed by atoms with Crippen LogP contribution in [0.25, 0.3) is 0 Å². The van der Waals surface area contributed by atoms with Crippen LogP contribution >= 0.6 is 23.4 Å². The molecule has 23 heavy (non-hydrogen) atoms. The summed E-state index contributed by atoms with van der Waals surface area (Å²) in [6, 6.07) is 22.2. The zero-order valence-corrected chi connectivity index (χ0v) is 13.8. The standard InChI is InChI=1S/C19H12BClOS/c20-15-7-9-16(10-8-15)23-18-11-6-14(12-17(18)21)19(22)13-4-2-1-3-5-13/h1-12H. The second-order valence-electron chi connectivity index (χ2n) is 5.01. The summed E-state index contributed by atoms with van der Waals surface area (Å²) in [5.74, 6) is -0.0310. The number of carbonyl (C=O) groups excluding carboxylic acids is 1. The molecule has 0 aliphatic carbocycles. The van der Waals surface area contributed by atoms with Gasteiger partial charge in [0, 0.05) is 20.9 Å². The molecule has 0 heterocycles. The lowest BCUT2D eigenvalue weighted by Gasteiger charge is -2.07. The highest BCUT2D eigenvalue weighted by molar-refractivity contribution is 7.99. The summed E-state index contributed by atoms with van der Waals surface area (Å²) in [4.78, 5) is 14.4. The minimum Gasteiger partial charge on any atom is -0.289 e. The van der Waals surface area contributed by atoms with E-state index in [9.17, 15) is 4.79 Å². The van der Waals surface area contributed by atoms with Gasteiger partial charge in [-0.3, -0.25) is 4.79 Å². The molecular weight excluding hydrogens is 323 g/mol. The van der Waals surface area contributed by atoms with Crippen molar-refractivity contribution in [3.63, 3.8) is 0 Å². The Morgan fingerprint density at radius 1 is 0.870 bits per heavy atom. The summed E-state index contributed by atoms with van der Waals surface area (Å²) in [5.41, 5.74) is 1.97. The third-order valence-corrected chi connectivity index (χ3v) is 4.85. The average molecular weight is 335 g/mol. The Kier molecular flexibility index (Phi) is 4.89. The van der Waals surface area contributed by atoms with Crippen molar-refractivity contribution in [2.45, 2.75) is 9.79 Å². The Bertz CT molecular complexity index is 832. The molecule has 0 amide bonds. The van der Waals surface area contributed by atoms with E-state index in [0.717, 1.165) is 15.3 Å². The van der Waals surface area contributed by atoms with Gasteiger partial charge in [0.25, 0.3) is 0 Å². The first-order valence-electron chi connectivity index (χ1n) is 7.06. The highest BCUT2D eigenvalue weighted by Gasteiger charge is 2.11. The first-order valence-corrected chi connectivity index (χ1v) is 8.25. The number of benzene rings is 3. The quantitative estimate of drug-likeness (QED) is 0.515. The zero-order chi connectivity index (χ0) is 16.2. The Hall–Kier alpha value is -1.97. The smallest absolute Gasteiger partial charge is 0.193 e. The summed E-state index contributed by atoms with van der Waals surface area (Å²) in [6.45, 7) is 0. The van der Waals surface area contributed by atoms with Crippen molar-refractivity contribution in [1.29, 1.82) is 0 Å². The maximum atomic E-state index is 12.4. The lowest BCUT2D eigenvalue weighted by atomic mass is 9.97. The van der Waals surface area contributed by atoms with Crippen LogP contribution in [0.3, 0.4) is 0 Å². The molecule has 0 saturated heterocycles. The van der Waals surface area contributed by atoms with Crippen molar-refractivity contribution in [2.24, 2.45) is 0 Å². The maximum Gasteiger partial charge on any atom is 0.193 e. The molecule has 3 aromatic rings. The third-order valence-electron chi connectivity index (χ3n) is 3.34. The third kappa shape index (κ3) is 3.87. The van der Waals surface area contributed by atoms with Crippen molar-refractivity contribution in [3.8, 4) is 0 Å². The van der Waals surface area contributed by atoms with Crippen molar-refractivity contribution < 1.29 is 4.79 Å². The molecule has 0 bridgehead atoms. The van der Waals surface area contributed by atoms with Gasteiger partial charge in [0.15, 0.2) is 5.78 Å². The van der Waals surface area contributed by atoms with Gasteiger partial charge in [-0.2, -0.15) is 0 Å². The van der Waals surface area contributed by atoms with E-state index in [0.29, 0.717) is 16.1 Å². The molecule has 3 rings (SSSR count). The van der Waals surface area contributed by atoms with Crippen LogP contribution in [-0.4, -0.2) is 13.6 Å². The summed E-state index contributed by atoms with van der Waals surface area (Å²) >= 11 is 7.88. The fourth-order valence-electron chi connectivity index (χ4n) is 2.14. The Labute approximate surface area is 146 Å². The molecule has 0 atom stereocenters. The number of ketones is 1. The maximum absolute atomic E-state index is 12.4. The van der Waals surface area contributed by atoms with Crippen LogP contribution in [0.1, 0.15) is 15.9 Å². The van der Waals surface area contributed by atoms with Gasteiger partial charge in [0.05, 0.1) is 5.02 Å². The van der Waals surface area contributed by atoms with E-state index in [4.69, 9.17) is 19.4 Å². The summed E-state index contributed by atoms with van der Waals surface area (Å²) in [5, 5.41) is 0.564. The predicted octanol–water partition coefficient (Wildman–Crippen LogP) is 4.52. The zero-order valence-electron chi connectivity index (χ0n) is 12.2. The normalized spacial score (nSPS) is 10.5. The van der Waals surface area contributed by atoms with Crippen LogP contribution in [0.4, 0.5) is 0 Å². The first-order chi connectivity index (χ1) is 11.1. The molecular formula is C19H12BClOS. The summed E-state index contributed by atoms with van der Waals surface area (Å²) < 4.78 is 0. The number of halogens is 1. The predicted molar refractivity (Wildman–Crippen MR) is 97.3 cm³/mol. The van der Waals surface area contributed by atoms with Gasteiger partial charge in [-0.1, -0.05) is 71.3 Å². The van der Waals surface area contributed by atoms with E-state index in [-0.39, 0.29) is 5.78 Å². The first kappa shape index (κ1) is 15.9. The molecule has 0 N–H and O–H groups in total. The number of hydrogen-bond acceptors (Lipinski definition) is 2.